The fraction of sp³-hybridized carbons (Fsp3) is 0. The molecule has 0 saturated heterocycles. The Morgan fingerprint density at radius 1 is 0.640 bits per heavy atom. The van der Waals surface area contributed by atoms with E-state index in [1.165, 1.54) is 27.1 Å². The zero-order valence-electron chi connectivity index (χ0n) is 13.3. The van der Waals surface area contributed by atoms with Crippen molar-refractivity contribution in [2.24, 2.45) is 0 Å². The van der Waals surface area contributed by atoms with Crippen LogP contribution in [-0.2, 0) is 0 Å². The normalized spacial score (nSPS) is 12.0. The molecule has 0 amide bonds. The summed E-state index contributed by atoms with van der Waals surface area (Å²) in [7, 11) is 0. The first-order valence-electron chi connectivity index (χ1n) is 8.35. The number of benzene rings is 2. The number of nitrogens with zero attached hydrogens (tertiary/aromatic N) is 3. The maximum Gasteiger partial charge on any atom is 0.145 e. The van der Waals surface area contributed by atoms with Gasteiger partial charge < -0.3 is 0 Å². The monoisotopic (exact) mass is 319 g/mol. The van der Waals surface area contributed by atoms with Crippen molar-refractivity contribution in [3.63, 3.8) is 0 Å². The van der Waals surface area contributed by atoms with Gasteiger partial charge in [0.05, 0.1) is 11.0 Å². The molecule has 0 bridgehead atoms. The summed E-state index contributed by atoms with van der Waals surface area (Å²) < 4.78 is 2.23. The second-order valence-electron chi connectivity index (χ2n) is 6.40. The third-order valence-corrected chi connectivity index (χ3v) is 5.03. The molecule has 6 aromatic rings. The van der Waals surface area contributed by atoms with Crippen molar-refractivity contribution >= 4 is 49.0 Å². The minimum Gasteiger partial charge on any atom is -0.299 e. The van der Waals surface area contributed by atoms with E-state index < -0.39 is 0 Å². The summed E-state index contributed by atoms with van der Waals surface area (Å²) in [6.45, 7) is 0. The molecular weight excluding hydrogens is 306 g/mol. The van der Waals surface area contributed by atoms with E-state index in [1.807, 2.05) is 24.5 Å². The molecule has 3 heteroatoms. The van der Waals surface area contributed by atoms with E-state index in [1.54, 1.807) is 0 Å². The van der Waals surface area contributed by atoms with Crippen LogP contribution in [0.25, 0.3) is 49.0 Å². The summed E-state index contributed by atoms with van der Waals surface area (Å²) in [6, 6.07) is 21.2. The molecule has 0 spiro atoms. The molecule has 0 N–H and O–H groups in total. The number of pyridine rings is 3. The average molecular weight is 319 g/mol. The molecule has 4 heterocycles. The zero-order chi connectivity index (χ0) is 16.4. The van der Waals surface area contributed by atoms with Crippen LogP contribution >= 0.6 is 0 Å². The lowest BCUT2D eigenvalue weighted by molar-refractivity contribution is 1.21. The molecule has 2 aromatic carbocycles. The number of rotatable bonds is 0. The van der Waals surface area contributed by atoms with E-state index in [2.05, 4.69) is 69.1 Å². The van der Waals surface area contributed by atoms with Gasteiger partial charge in [-0.2, -0.15) is 0 Å². The van der Waals surface area contributed by atoms with Crippen LogP contribution in [0.5, 0.6) is 0 Å². The summed E-state index contributed by atoms with van der Waals surface area (Å²) in [5.41, 5.74) is 3.21. The highest BCUT2D eigenvalue weighted by molar-refractivity contribution is 6.21. The van der Waals surface area contributed by atoms with Gasteiger partial charge in [0.2, 0.25) is 0 Å². The van der Waals surface area contributed by atoms with E-state index >= 15 is 0 Å². The number of hydrogen-bond acceptors (Lipinski definition) is 2. The van der Waals surface area contributed by atoms with E-state index in [0.29, 0.717) is 0 Å². The second kappa shape index (κ2) is 4.54. The van der Waals surface area contributed by atoms with Gasteiger partial charge in [0.25, 0.3) is 0 Å². The molecule has 6 rings (SSSR count). The Balaban J connectivity index is 2.03. The van der Waals surface area contributed by atoms with Gasteiger partial charge in [-0.15, -0.1) is 0 Å². The van der Waals surface area contributed by atoms with Gasteiger partial charge in [-0.05, 0) is 35.7 Å². The van der Waals surface area contributed by atoms with Gasteiger partial charge in [-0.3, -0.25) is 9.38 Å². The molecular formula is C22H13N3. The lowest BCUT2D eigenvalue weighted by Gasteiger charge is -2.10. The Labute approximate surface area is 143 Å². The smallest absolute Gasteiger partial charge is 0.145 e. The van der Waals surface area contributed by atoms with Crippen LogP contribution in [0.15, 0.2) is 79.3 Å². The van der Waals surface area contributed by atoms with E-state index in [4.69, 9.17) is 0 Å². The predicted molar refractivity (Wildman–Crippen MR) is 103 cm³/mol. The molecule has 0 unspecified atom stereocenters. The average Bonchev–Trinajstić information content (AvgIpc) is 3.07. The van der Waals surface area contributed by atoms with E-state index in [-0.39, 0.29) is 0 Å². The molecule has 0 fully saturated rings. The zero-order valence-corrected chi connectivity index (χ0v) is 13.3. The minimum absolute atomic E-state index is 0.983. The fourth-order valence-electron chi connectivity index (χ4n) is 3.94. The summed E-state index contributed by atoms with van der Waals surface area (Å²) in [5, 5.41) is 7.23. The van der Waals surface area contributed by atoms with E-state index in [9.17, 15) is 0 Å². The number of aromatic nitrogens is 3. The van der Waals surface area contributed by atoms with Crippen LogP contribution in [0.3, 0.4) is 0 Å². The minimum atomic E-state index is 0.983. The first-order chi connectivity index (χ1) is 12.4. The Morgan fingerprint density at radius 3 is 2.44 bits per heavy atom. The Kier molecular flexibility index (Phi) is 2.35. The van der Waals surface area contributed by atoms with Crippen LogP contribution in [0.1, 0.15) is 0 Å². The molecule has 0 aliphatic heterocycles. The van der Waals surface area contributed by atoms with Crippen molar-refractivity contribution in [3.8, 4) is 0 Å². The predicted octanol–water partition coefficient (Wildman–Crippen LogP) is 5.34. The third-order valence-electron chi connectivity index (χ3n) is 5.03. The van der Waals surface area contributed by atoms with Gasteiger partial charge in [-0.1, -0.05) is 30.3 Å². The summed E-state index contributed by atoms with van der Waals surface area (Å²) in [5.74, 6) is 0. The summed E-state index contributed by atoms with van der Waals surface area (Å²) in [6.07, 6.45) is 5.89. The van der Waals surface area contributed by atoms with Gasteiger partial charge >= 0.3 is 0 Å². The summed E-state index contributed by atoms with van der Waals surface area (Å²) >= 11 is 0. The van der Waals surface area contributed by atoms with Crippen LogP contribution in [0.2, 0.25) is 0 Å². The highest BCUT2D eigenvalue weighted by atomic mass is 15.0. The van der Waals surface area contributed by atoms with Crippen molar-refractivity contribution in [1.82, 2.24) is 14.4 Å². The molecule has 25 heavy (non-hydrogen) atoms. The number of hydrogen-bond donors (Lipinski definition) is 0. The topological polar surface area (TPSA) is 30.2 Å². The first kappa shape index (κ1) is 12.9. The van der Waals surface area contributed by atoms with Crippen molar-refractivity contribution < 1.29 is 0 Å². The molecule has 0 radical (unpaired) electrons. The van der Waals surface area contributed by atoms with Gasteiger partial charge in [0.15, 0.2) is 0 Å². The number of fused-ring (bicyclic) bond motifs is 9. The quantitative estimate of drug-likeness (QED) is 0.279. The maximum absolute atomic E-state index is 4.68. The molecule has 4 aromatic heterocycles. The standard InChI is InChI=1S/C22H13N3/c1-2-7-16-15(5-1)13-25-21(16)19-11-14-6-3-9-23-20(14)12-18(19)17-8-4-10-24-22(17)25/h1-13H. The summed E-state index contributed by atoms with van der Waals surface area (Å²) in [4.78, 5) is 9.22. The largest absolute Gasteiger partial charge is 0.299 e. The second-order valence-corrected chi connectivity index (χ2v) is 6.40. The molecule has 116 valence electrons. The Hall–Kier alpha value is -3.46. The van der Waals surface area contributed by atoms with Crippen molar-refractivity contribution in [2.75, 3.05) is 0 Å². The SMILES string of the molecule is c1cnc2cc3c4cccnc4n4cc5ccccc5c4c3cc2c1. The Morgan fingerprint density at radius 2 is 1.44 bits per heavy atom. The Bertz CT molecular complexity index is 1440. The van der Waals surface area contributed by atoms with Crippen molar-refractivity contribution in [3.05, 3.63) is 79.3 Å². The first-order valence-corrected chi connectivity index (χ1v) is 8.35. The molecule has 0 atom stereocenters. The van der Waals surface area contributed by atoms with Crippen LogP contribution in [-0.4, -0.2) is 14.4 Å². The van der Waals surface area contributed by atoms with Gasteiger partial charge in [0, 0.05) is 45.5 Å². The van der Waals surface area contributed by atoms with Gasteiger partial charge in [0.1, 0.15) is 5.65 Å². The highest BCUT2D eigenvalue weighted by Gasteiger charge is 2.13. The molecule has 0 aliphatic rings. The van der Waals surface area contributed by atoms with Crippen LogP contribution in [0.4, 0.5) is 0 Å². The molecule has 0 aliphatic carbocycles. The van der Waals surface area contributed by atoms with Crippen molar-refractivity contribution in [1.29, 1.82) is 0 Å². The molecule has 3 nitrogen and oxygen atoms in total. The third kappa shape index (κ3) is 1.64. The maximum atomic E-state index is 4.68. The van der Waals surface area contributed by atoms with Gasteiger partial charge in [-0.25, -0.2) is 4.98 Å². The van der Waals surface area contributed by atoms with Crippen LogP contribution < -0.4 is 0 Å². The van der Waals surface area contributed by atoms with Crippen LogP contribution in [0, 0.1) is 0 Å². The van der Waals surface area contributed by atoms with E-state index in [0.717, 1.165) is 21.9 Å². The lowest BCUT2D eigenvalue weighted by Crippen LogP contribution is -1.92. The molecule has 0 saturated carbocycles. The highest BCUT2D eigenvalue weighted by Crippen LogP contribution is 2.35. The fourth-order valence-corrected chi connectivity index (χ4v) is 3.94. The lowest BCUT2D eigenvalue weighted by atomic mass is 10.0. The van der Waals surface area contributed by atoms with Crippen molar-refractivity contribution in [2.45, 2.75) is 0 Å².